The number of aryl methyl sites for hydroxylation is 3. The molecule has 3 rings (SSSR count). The first-order valence-corrected chi connectivity index (χ1v) is 6.06. The molecule has 3 aromatic carbocycles. The van der Waals surface area contributed by atoms with Crippen molar-refractivity contribution in [2.75, 3.05) is 0 Å². The van der Waals surface area contributed by atoms with Crippen LogP contribution in [-0.2, 0) is 0 Å². The van der Waals surface area contributed by atoms with Crippen molar-refractivity contribution >= 4 is 21.5 Å². The van der Waals surface area contributed by atoms with Crippen LogP contribution in [0.25, 0.3) is 21.5 Å². The molecule has 0 unspecified atom stereocenters. The minimum absolute atomic E-state index is 1.33. The molecule has 84 valence electrons. The SMILES string of the molecule is Cc1cc(C)c2cc3ccccc3cc2c1C. The Morgan fingerprint density at radius 3 is 1.88 bits per heavy atom. The van der Waals surface area contributed by atoms with Crippen molar-refractivity contribution in [1.29, 1.82) is 0 Å². The second-order valence-corrected chi connectivity index (χ2v) is 4.88. The van der Waals surface area contributed by atoms with Crippen LogP contribution in [0, 0.1) is 20.8 Å². The van der Waals surface area contributed by atoms with Crippen LogP contribution in [0.15, 0.2) is 42.5 Å². The fourth-order valence-corrected chi connectivity index (χ4v) is 2.60. The van der Waals surface area contributed by atoms with Crippen LogP contribution in [0.1, 0.15) is 16.7 Å². The summed E-state index contributed by atoms with van der Waals surface area (Å²) >= 11 is 0. The number of hydrogen-bond donors (Lipinski definition) is 0. The first-order chi connectivity index (χ1) is 8.16. The number of hydrogen-bond acceptors (Lipinski definition) is 0. The molecule has 0 saturated carbocycles. The number of rotatable bonds is 0. The lowest BCUT2D eigenvalue weighted by atomic mass is 9.94. The van der Waals surface area contributed by atoms with Crippen LogP contribution in [0.5, 0.6) is 0 Å². The van der Waals surface area contributed by atoms with Crippen LogP contribution in [0.3, 0.4) is 0 Å². The van der Waals surface area contributed by atoms with E-state index in [2.05, 4.69) is 63.2 Å². The monoisotopic (exact) mass is 220 g/mol. The van der Waals surface area contributed by atoms with Gasteiger partial charge in [0, 0.05) is 0 Å². The lowest BCUT2D eigenvalue weighted by Gasteiger charge is -2.11. The average molecular weight is 220 g/mol. The van der Waals surface area contributed by atoms with Crippen molar-refractivity contribution in [1.82, 2.24) is 0 Å². The summed E-state index contributed by atoms with van der Waals surface area (Å²) in [5.74, 6) is 0. The maximum atomic E-state index is 2.32. The second kappa shape index (κ2) is 3.59. The van der Waals surface area contributed by atoms with Gasteiger partial charge in [0.15, 0.2) is 0 Å². The van der Waals surface area contributed by atoms with Gasteiger partial charge in [0.1, 0.15) is 0 Å². The van der Waals surface area contributed by atoms with Crippen LogP contribution in [0.2, 0.25) is 0 Å². The highest BCUT2D eigenvalue weighted by atomic mass is 14.1. The molecular weight excluding hydrogens is 204 g/mol. The van der Waals surface area contributed by atoms with E-state index in [0.717, 1.165) is 0 Å². The largest absolute Gasteiger partial charge is 0.0616 e. The number of benzene rings is 3. The first-order valence-electron chi connectivity index (χ1n) is 6.06. The molecule has 0 aromatic heterocycles. The summed E-state index contributed by atoms with van der Waals surface area (Å²) in [6.45, 7) is 6.60. The minimum Gasteiger partial charge on any atom is -0.0616 e. The first kappa shape index (κ1) is 10.3. The Labute approximate surface area is 102 Å². The molecule has 0 aliphatic carbocycles. The van der Waals surface area contributed by atoms with E-state index in [9.17, 15) is 0 Å². The lowest BCUT2D eigenvalue weighted by Crippen LogP contribution is -1.88. The van der Waals surface area contributed by atoms with Crippen molar-refractivity contribution in [3.05, 3.63) is 59.2 Å². The number of fused-ring (bicyclic) bond motifs is 2. The summed E-state index contributed by atoms with van der Waals surface area (Å²) in [5.41, 5.74) is 4.15. The maximum absolute atomic E-state index is 2.32. The van der Waals surface area contributed by atoms with Crippen molar-refractivity contribution in [3.63, 3.8) is 0 Å². The highest BCUT2D eigenvalue weighted by Crippen LogP contribution is 2.29. The van der Waals surface area contributed by atoms with Crippen LogP contribution >= 0.6 is 0 Å². The van der Waals surface area contributed by atoms with E-state index in [4.69, 9.17) is 0 Å². The highest BCUT2D eigenvalue weighted by Gasteiger charge is 2.05. The topological polar surface area (TPSA) is 0 Å². The van der Waals surface area contributed by atoms with Gasteiger partial charge < -0.3 is 0 Å². The fourth-order valence-electron chi connectivity index (χ4n) is 2.60. The van der Waals surface area contributed by atoms with E-state index in [1.807, 2.05) is 0 Å². The molecule has 0 saturated heterocycles. The van der Waals surface area contributed by atoms with Gasteiger partial charge >= 0.3 is 0 Å². The van der Waals surface area contributed by atoms with Crippen molar-refractivity contribution in [2.45, 2.75) is 20.8 Å². The van der Waals surface area contributed by atoms with Crippen molar-refractivity contribution in [2.24, 2.45) is 0 Å². The summed E-state index contributed by atoms with van der Waals surface area (Å²) in [4.78, 5) is 0. The van der Waals surface area contributed by atoms with Gasteiger partial charge in [-0.25, -0.2) is 0 Å². The zero-order chi connectivity index (χ0) is 12.0. The minimum atomic E-state index is 1.33. The molecule has 3 aromatic rings. The van der Waals surface area contributed by atoms with Gasteiger partial charge in [0.2, 0.25) is 0 Å². The van der Waals surface area contributed by atoms with Crippen LogP contribution < -0.4 is 0 Å². The third kappa shape index (κ3) is 1.52. The Morgan fingerprint density at radius 2 is 1.24 bits per heavy atom. The molecule has 0 fully saturated rings. The smallest absolute Gasteiger partial charge is 0.0143 e. The van der Waals surface area contributed by atoms with Crippen LogP contribution in [-0.4, -0.2) is 0 Å². The normalized spacial score (nSPS) is 11.2. The summed E-state index contributed by atoms with van der Waals surface area (Å²) in [7, 11) is 0. The van der Waals surface area contributed by atoms with E-state index in [1.54, 1.807) is 0 Å². The van der Waals surface area contributed by atoms with Gasteiger partial charge in [0.05, 0.1) is 0 Å². The molecule has 0 radical (unpaired) electrons. The molecular formula is C17H16. The van der Waals surface area contributed by atoms with Crippen LogP contribution in [0.4, 0.5) is 0 Å². The molecule has 0 N–H and O–H groups in total. The Morgan fingerprint density at radius 1 is 0.647 bits per heavy atom. The Kier molecular flexibility index (Phi) is 2.19. The fraction of sp³-hybridized carbons (Fsp3) is 0.176. The van der Waals surface area contributed by atoms with Crippen molar-refractivity contribution < 1.29 is 0 Å². The van der Waals surface area contributed by atoms with Gasteiger partial charge in [-0.3, -0.25) is 0 Å². The molecule has 0 aliphatic rings. The summed E-state index contributed by atoms with van der Waals surface area (Å²) < 4.78 is 0. The molecule has 0 nitrogen and oxygen atoms in total. The van der Waals surface area contributed by atoms with Gasteiger partial charge in [-0.15, -0.1) is 0 Å². The Balaban J connectivity index is 2.56. The maximum Gasteiger partial charge on any atom is -0.0143 e. The van der Waals surface area contributed by atoms with Gasteiger partial charge in [-0.05, 0) is 71.1 Å². The third-order valence-electron chi connectivity index (χ3n) is 3.74. The molecule has 17 heavy (non-hydrogen) atoms. The molecule has 0 aliphatic heterocycles. The average Bonchev–Trinajstić information content (AvgIpc) is 2.34. The summed E-state index contributed by atoms with van der Waals surface area (Å²) in [5, 5.41) is 5.42. The molecule has 0 heterocycles. The molecule has 0 spiro atoms. The highest BCUT2D eigenvalue weighted by molar-refractivity contribution is 6.01. The summed E-state index contributed by atoms with van der Waals surface area (Å²) in [6.07, 6.45) is 0. The zero-order valence-electron chi connectivity index (χ0n) is 10.5. The van der Waals surface area contributed by atoms with Gasteiger partial charge in [-0.2, -0.15) is 0 Å². The van der Waals surface area contributed by atoms with E-state index in [1.165, 1.54) is 38.2 Å². The second-order valence-electron chi connectivity index (χ2n) is 4.88. The predicted molar refractivity (Wildman–Crippen MR) is 75.7 cm³/mol. The Hall–Kier alpha value is -1.82. The van der Waals surface area contributed by atoms with Gasteiger partial charge in [-0.1, -0.05) is 30.3 Å². The third-order valence-corrected chi connectivity index (χ3v) is 3.74. The zero-order valence-corrected chi connectivity index (χ0v) is 10.5. The summed E-state index contributed by atoms with van der Waals surface area (Å²) in [6, 6.07) is 15.5. The predicted octanol–water partition coefficient (Wildman–Crippen LogP) is 4.92. The standard InChI is InChI=1S/C17H16/c1-11-8-12(2)16-9-14-6-4-5-7-15(14)10-17(16)13(11)3/h4-10H,1-3H3. The van der Waals surface area contributed by atoms with E-state index in [0.29, 0.717) is 0 Å². The van der Waals surface area contributed by atoms with E-state index in [-0.39, 0.29) is 0 Å². The molecule has 0 amide bonds. The molecule has 0 heteroatoms. The molecule has 0 atom stereocenters. The lowest BCUT2D eigenvalue weighted by molar-refractivity contribution is 1.35. The van der Waals surface area contributed by atoms with Crippen molar-refractivity contribution in [3.8, 4) is 0 Å². The Bertz CT molecular complexity index is 721. The quantitative estimate of drug-likeness (QED) is 0.472. The van der Waals surface area contributed by atoms with E-state index >= 15 is 0 Å². The van der Waals surface area contributed by atoms with Gasteiger partial charge in [0.25, 0.3) is 0 Å². The van der Waals surface area contributed by atoms with E-state index < -0.39 is 0 Å². The molecule has 0 bridgehead atoms.